The van der Waals surface area contributed by atoms with Crippen LogP contribution in [0.25, 0.3) is 11.0 Å². The van der Waals surface area contributed by atoms with E-state index in [0.717, 1.165) is 45.8 Å². The lowest BCUT2D eigenvalue weighted by Gasteiger charge is -2.10. The molecule has 0 radical (unpaired) electrons. The van der Waals surface area contributed by atoms with Gasteiger partial charge < -0.3 is 13.9 Å². The molecule has 0 aliphatic rings. The van der Waals surface area contributed by atoms with E-state index in [-0.39, 0.29) is 0 Å². The molecular formula is C14H18O3. The third kappa shape index (κ3) is 1.66. The number of hydrogen-bond acceptors (Lipinski definition) is 3. The quantitative estimate of drug-likeness (QED) is 0.812. The highest BCUT2D eigenvalue weighted by atomic mass is 16.5. The fourth-order valence-corrected chi connectivity index (χ4v) is 2.30. The monoisotopic (exact) mass is 234 g/mol. The van der Waals surface area contributed by atoms with Crippen molar-refractivity contribution in [2.75, 3.05) is 14.2 Å². The number of ether oxygens (including phenoxy) is 2. The summed E-state index contributed by atoms with van der Waals surface area (Å²) in [7, 11) is 3.34. The second-order valence-electron chi connectivity index (χ2n) is 4.11. The van der Waals surface area contributed by atoms with Crippen LogP contribution in [0.4, 0.5) is 0 Å². The van der Waals surface area contributed by atoms with Gasteiger partial charge in [-0.2, -0.15) is 0 Å². The van der Waals surface area contributed by atoms with Gasteiger partial charge in [0.05, 0.1) is 19.6 Å². The molecule has 0 bridgehead atoms. The van der Waals surface area contributed by atoms with Crippen LogP contribution in [0, 0.1) is 13.8 Å². The molecule has 17 heavy (non-hydrogen) atoms. The standard InChI is InChI=1S/C14H18O3/c1-6-10-8(2)13-12(17-10)7-11(15-4)9(3)14(13)16-5/h7H,6H2,1-5H3. The van der Waals surface area contributed by atoms with Crippen LogP contribution in [-0.4, -0.2) is 14.2 Å². The molecule has 0 spiro atoms. The summed E-state index contributed by atoms with van der Waals surface area (Å²) in [6.45, 7) is 6.15. The van der Waals surface area contributed by atoms with Crippen molar-refractivity contribution in [1.29, 1.82) is 0 Å². The van der Waals surface area contributed by atoms with Crippen LogP contribution in [0.2, 0.25) is 0 Å². The third-order valence-corrected chi connectivity index (χ3v) is 3.22. The molecule has 0 atom stereocenters. The zero-order chi connectivity index (χ0) is 12.6. The molecule has 2 aromatic rings. The third-order valence-electron chi connectivity index (χ3n) is 3.22. The Morgan fingerprint density at radius 3 is 2.35 bits per heavy atom. The zero-order valence-electron chi connectivity index (χ0n) is 11.0. The predicted octanol–water partition coefficient (Wildman–Crippen LogP) is 3.63. The molecule has 0 aliphatic carbocycles. The Balaban J connectivity index is 2.86. The lowest BCUT2D eigenvalue weighted by Crippen LogP contribution is -1.93. The summed E-state index contributed by atoms with van der Waals surface area (Å²) >= 11 is 0. The summed E-state index contributed by atoms with van der Waals surface area (Å²) in [6, 6.07) is 1.93. The van der Waals surface area contributed by atoms with Gasteiger partial charge in [0.25, 0.3) is 0 Å². The van der Waals surface area contributed by atoms with Crippen molar-refractivity contribution in [3.8, 4) is 11.5 Å². The first kappa shape index (κ1) is 11.8. The van der Waals surface area contributed by atoms with Gasteiger partial charge in [0.1, 0.15) is 22.8 Å². The van der Waals surface area contributed by atoms with E-state index in [1.807, 2.05) is 13.0 Å². The molecule has 3 heteroatoms. The molecular weight excluding hydrogens is 216 g/mol. The van der Waals surface area contributed by atoms with Crippen LogP contribution in [0.3, 0.4) is 0 Å². The van der Waals surface area contributed by atoms with E-state index in [1.165, 1.54) is 0 Å². The summed E-state index contributed by atoms with van der Waals surface area (Å²) in [5.74, 6) is 2.65. The molecule has 3 nitrogen and oxygen atoms in total. The van der Waals surface area contributed by atoms with Crippen LogP contribution in [0.15, 0.2) is 10.5 Å². The minimum Gasteiger partial charge on any atom is -0.496 e. The van der Waals surface area contributed by atoms with Gasteiger partial charge in [0.15, 0.2) is 0 Å². The van der Waals surface area contributed by atoms with Crippen LogP contribution in [-0.2, 0) is 6.42 Å². The van der Waals surface area contributed by atoms with Crippen molar-refractivity contribution >= 4 is 11.0 Å². The molecule has 0 amide bonds. The highest BCUT2D eigenvalue weighted by Gasteiger charge is 2.18. The Bertz CT molecular complexity index is 552. The summed E-state index contributed by atoms with van der Waals surface area (Å²) < 4.78 is 16.7. The minimum absolute atomic E-state index is 0.797. The van der Waals surface area contributed by atoms with E-state index in [4.69, 9.17) is 13.9 Å². The molecule has 0 N–H and O–H groups in total. The number of hydrogen-bond donors (Lipinski definition) is 0. The Morgan fingerprint density at radius 1 is 1.12 bits per heavy atom. The van der Waals surface area contributed by atoms with Crippen molar-refractivity contribution in [2.24, 2.45) is 0 Å². The number of fused-ring (bicyclic) bond motifs is 1. The maximum Gasteiger partial charge on any atom is 0.142 e. The number of methoxy groups -OCH3 is 2. The average molecular weight is 234 g/mol. The average Bonchev–Trinajstić information content (AvgIpc) is 2.65. The molecule has 1 heterocycles. The largest absolute Gasteiger partial charge is 0.496 e. The van der Waals surface area contributed by atoms with Gasteiger partial charge in [-0.25, -0.2) is 0 Å². The van der Waals surface area contributed by atoms with Gasteiger partial charge in [0, 0.05) is 23.6 Å². The van der Waals surface area contributed by atoms with Gasteiger partial charge in [-0.05, 0) is 13.8 Å². The maximum atomic E-state index is 5.83. The van der Waals surface area contributed by atoms with Crippen molar-refractivity contribution in [2.45, 2.75) is 27.2 Å². The Hall–Kier alpha value is -1.64. The smallest absolute Gasteiger partial charge is 0.142 e. The maximum absolute atomic E-state index is 5.83. The van der Waals surface area contributed by atoms with Gasteiger partial charge in [-0.1, -0.05) is 6.92 Å². The van der Waals surface area contributed by atoms with Crippen LogP contribution in [0.5, 0.6) is 11.5 Å². The van der Waals surface area contributed by atoms with Gasteiger partial charge in [-0.3, -0.25) is 0 Å². The minimum atomic E-state index is 0.797. The summed E-state index contributed by atoms with van der Waals surface area (Å²) in [5, 5.41) is 1.06. The predicted molar refractivity (Wildman–Crippen MR) is 68.2 cm³/mol. The van der Waals surface area contributed by atoms with E-state index in [0.29, 0.717) is 0 Å². The molecule has 2 rings (SSSR count). The normalized spacial score (nSPS) is 10.9. The lowest BCUT2D eigenvalue weighted by atomic mass is 10.1. The van der Waals surface area contributed by atoms with Gasteiger partial charge in [-0.15, -0.1) is 0 Å². The van der Waals surface area contributed by atoms with Crippen molar-refractivity contribution in [3.63, 3.8) is 0 Å². The summed E-state index contributed by atoms with van der Waals surface area (Å²) in [5.41, 5.74) is 3.00. The first-order valence-electron chi connectivity index (χ1n) is 5.77. The molecule has 0 aliphatic heterocycles. The topological polar surface area (TPSA) is 31.6 Å². The van der Waals surface area contributed by atoms with E-state index >= 15 is 0 Å². The second kappa shape index (κ2) is 4.32. The first-order valence-corrected chi connectivity index (χ1v) is 5.77. The number of rotatable bonds is 3. The summed E-state index contributed by atoms with van der Waals surface area (Å²) in [6.07, 6.45) is 0.880. The number of aryl methyl sites for hydroxylation is 2. The highest BCUT2D eigenvalue weighted by molar-refractivity contribution is 5.91. The Kier molecular flexibility index (Phi) is 3.01. The summed E-state index contributed by atoms with van der Waals surface area (Å²) in [4.78, 5) is 0. The van der Waals surface area contributed by atoms with Crippen molar-refractivity contribution in [1.82, 2.24) is 0 Å². The van der Waals surface area contributed by atoms with Crippen molar-refractivity contribution < 1.29 is 13.9 Å². The fourth-order valence-electron chi connectivity index (χ4n) is 2.30. The Morgan fingerprint density at radius 2 is 1.82 bits per heavy atom. The highest BCUT2D eigenvalue weighted by Crippen LogP contribution is 2.40. The first-order chi connectivity index (χ1) is 8.13. The molecule has 1 aromatic heterocycles. The van der Waals surface area contributed by atoms with Crippen LogP contribution >= 0.6 is 0 Å². The lowest BCUT2D eigenvalue weighted by molar-refractivity contribution is 0.391. The SMILES string of the molecule is CCc1oc2cc(OC)c(C)c(OC)c2c1C. The molecule has 92 valence electrons. The Labute approximate surface area is 101 Å². The zero-order valence-corrected chi connectivity index (χ0v) is 11.0. The van der Waals surface area contributed by atoms with Crippen LogP contribution < -0.4 is 9.47 Å². The molecule has 0 saturated carbocycles. The molecule has 0 unspecified atom stereocenters. The second-order valence-corrected chi connectivity index (χ2v) is 4.11. The van der Waals surface area contributed by atoms with E-state index in [9.17, 15) is 0 Å². The van der Waals surface area contributed by atoms with E-state index in [1.54, 1.807) is 14.2 Å². The number of benzene rings is 1. The van der Waals surface area contributed by atoms with Gasteiger partial charge in [0.2, 0.25) is 0 Å². The number of furan rings is 1. The van der Waals surface area contributed by atoms with Crippen LogP contribution in [0.1, 0.15) is 23.8 Å². The van der Waals surface area contributed by atoms with E-state index in [2.05, 4.69) is 13.8 Å². The fraction of sp³-hybridized carbons (Fsp3) is 0.429. The van der Waals surface area contributed by atoms with Crippen molar-refractivity contribution in [3.05, 3.63) is 23.0 Å². The molecule has 0 fully saturated rings. The molecule has 0 saturated heterocycles. The van der Waals surface area contributed by atoms with Gasteiger partial charge >= 0.3 is 0 Å². The van der Waals surface area contributed by atoms with E-state index < -0.39 is 0 Å². The molecule has 1 aromatic carbocycles.